The van der Waals surface area contributed by atoms with Gasteiger partial charge in [-0.25, -0.2) is 9.97 Å². The Balaban J connectivity index is 1.90. The summed E-state index contributed by atoms with van der Waals surface area (Å²) in [5.74, 6) is 1.67. The van der Waals surface area contributed by atoms with Crippen molar-refractivity contribution in [3.05, 3.63) is 24.2 Å². The summed E-state index contributed by atoms with van der Waals surface area (Å²) in [7, 11) is 0. The molecule has 3 heterocycles. The minimum atomic E-state index is 0.209. The van der Waals surface area contributed by atoms with Gasteiger partial charge in [0.2, 0.25) is 0 Å². The van der Waals surface area contributed by atoms with E-state index >= 15 is 0 Å². The number of hydrogen-bond donors (Lipinski definition) is 1. The Labute approximate surface area is 125 Å². The first kappa shape index (κ1) is 14.5. The molecule has 1 saturated heterocycles. The molecular weight excluding hydrogens is 264 g/mol. The molecule has 0 spiro atoms. The van der Waals surface area contributed by atoms with Gasteiger partial charge in [-0.1, -0.05) is 6.92 Å². The number of fused-ring (bicyclic) bond motifs is 1. The molecule has 1 aliphatic heterocycles. The molecule has 0 bridgehead atoms. The first-order valence-electron chi connectivity index (χ1n) is 7.97. The molecule has 2 aromatic rings. The van der Waals surface area contributed by atoms with E-state index in [1.165, 1.54) is 0 Å². The topological polar surface area (TPSA) is 54.2 Å². The number of aliphatic hydroxyl groups is 1. The van der Waals surface area contributed by atoms with Crippen LogP contribution in [0.3, 0.4) is 0 Å². The van der Waals surface area contributed by atoms with Crippen molar-refractivity contribution in [1.29, 1.82) is 0 Å². The second-order valence-corrected chi connectivity index (χ2v) is 5.75. The van der Waals surface area contributed by atoms with E-state index < -0.39 is 0 Å². The number of aryl methyl sites for hydroxylation is 1. The minimum absolute atomic E-state index is 0.209. The standard InChI is InChI=1S/C16H24N4O/c1-2-19-10-6-13(7-11-19)15-18-14-5-3-8-17-16(14)20(15)9-4-12-21/h3,5,8,13,21H,2,4,6-7,9-12H2,1H3. The van der Waals surface area contributed by atoms with E-state index in [0.29, 0.717) is 5.92 Å². The third kappa shape index (κ3) is 2.94. The van der Waals surface area contributed by atoms with Crippen molar-refractivity contribution >= 4 is 11.2 Å². The van der Waals surface area contributed by atoms with Crippen molar-refractivity contribution in [2.24, 2.45) is 0 Å². The molecule has 0 radical (unpaired) electrons. The Morgan fingerprint density at radius 1 is 1.33 bits per heavy atom. The van der Waals surface area contributed by atoms with Crippen molar-refractivity contribution < 1.29 is 5.11 Å². The molecule has 0 aromatic carbocycles. The number of piperidine rings is 1. The summed E-state index contributed by atoms with van der Waals surface area (Å²) >= 11 is 0. The van der Waals surface area contributed by atoms with Crippen LogP contribution in [0.15, 0.2) is 18.3 Å². The lowest BCUT2D eigenvalue weighted by Gasteiger charge is -2.30. The third-order valence-electron chi connectivity index (χ3n) is 4.47. The number of imidazole rings is 1. The first-order chi connectivity index (χ1) is 10.3. The maximum Gasteiger partial charge on any atom is 0.159 e. The summed E-state index contributed by atoms with van der Waals surface area (Å²) in [4.78, 5) is 11.8. The SMILES string of the molecule is CCN1CCC(c2nc3cccnc3n2CCCO)CC1. The van der Waals surface area contributed by atoms with Crippen LogP contribution in [0, 0.1) is 0 Å². The highest BCUT2D eigenvalue weighted by molar-refractivity contribution is 5.71. The van der Waals surface area contributed by atoms with Crippen LogP contribution in [0.2, 0.25) is 0 Å². The first-order valence-corrected chi connectivity index (χ1v) is 7.97. The monoisotopic (exact) mass is 288 g/mol. The van der Waals surface area contributed by atoms with Gasteiger partial charge in [-0.3, -0.25) is 0 Å². The lowest BCUT2D eigenvalue weighted by Crippen LogP contribution is -2.33. The quantitative estimate of drug-likeness (QED) is 0.914. The molecule has 114 valence electrons. The largest absolute Gasteiger partial charge is 0.396 e. The number of aliphatic hydroxyl groups excluding tert-OH is 1. The Bertz CT molecular complexity index is 587. The highest BCUT2D eigenvalue weighted by Gasteiger charge is 2.25. The van der Waals surface area contributed by atoms with E-state index in [2.05, 4.69) is 21.4 Å². The van der Waals surface area contributed by atoms with Gasteiger partial charge in [-0.05, 0) is 51.0 Å². The molecular formula is C16H24N4O. The molecule has 3 rings (SSSR count). The predicted molar refractivity (Wildman–Crippen MR) is 83.3 cm³/mol. The zero-order chi connectivity index (χ0) is 14.7. The van der Waals surface area contributed by atoms with Gasteiger partial charge in [0.05, 0.1) is 0 Å². The Kier molecular flexibility index (Phi) is 4.51. The Hall–Kier alpha value is -1.46. The minimum Gasteiger partial charge on any atom is -0.396 e. The molecule has 5 heteroatoms. The van der Waals surface area contributed by atoms with E-state index in [0.717, 1.165) is 62.4 Å². The fourth-order valence-corrected chi connectivity index (χ4v) is 3.24. The molecule has 0 saturated carbocycles. The van der Waals surface area contributed by atoms with Crippen molar-refractivity contribution in [3.8, 4) is 0 Å². The molecule has 0 aliphatic carbocycles. The number of hydrogen-bond acceptors (Lipinski definition) is 4. The van der Waals surface area contributed by atoms with Crippen LogP contribution in [-0.2, 0) is 6.54 Å². The molecule has 1 fully saturated rings. The molecule has 5 nitrogen and oxygen atoms in total. The van der Waals surface area contributed by atoms with Gasteiger partial charge >= 0.3 is 0 Å². The number of nitrogens with zero attached hydrogens (tertiary/aromatic N) is 4. The van der Waals surface area contributed by atoms with Gasteiger partial charge in [0, 0.05) is 25.3 Å². The van der Waals surface area contributed by atoms with E-state index in [4.69, 9.17) is 10.1 Å². The summed E-state index contributed by atoms with van der Waals surface area (Å²) in [5, 5.41) is 9.14. The van der Waals surface area contributed by atoms with Crippen LogP contribution in [0.4, 0.5) is 0 Å². The van der Waals surface area contributed by atoms with Crippen molar-refractivity contribution in [2.45, 2.75) is 38.6 Å². The molecule has 0 atom stereocenters. The summed E-state index contributed by atoms with van der Waals surface area (Å²) in [6.45, 7) is 6.67. The van der Waals surface area contributed by atoms with Gasteiger partial charge in [-0.15, -0.1) is 0 Å². The lowest BCUT2D eigenvalue weighted by atomic mass is 9.96. The van der Waals surface area contributed by atoms with Gasteiger partial charge < -0.3 is 14.6 Å². The second kappa shape index (κ2) is 6.54. The molecule has 2 aromatic heterocycles. The second-order valence-electron chi connectivity index (χ2n) is 5.75. The number of pyridine rings is 1. The van der Waals surface area contributed by atoms with E-state index in [-0.39, 0.29) is 6.61 Å². The van der Waals surface area contributed by atoms with Crippen LogP contribution >= 0.6 is 0 Å². The zero-order valence-electron chi connectivity index (χ0n) is 12.7. The lowest BCUT2D eigenvalue weighted by molar-refractivity contribution is 0.216. The smallest absolute Gasteiger partial charge is 0.159 e. The van der Waals surface area contributed by atoms with Crippen molar-refractivity contribution in [3.63, 3.8) is 0 Å². The zero-order valence-corrected chi connectivity index (χ0v) is 12.7. The average Bonchev–Trinajstić information content (AvgIpc) is 2.91. The van der Waals surface area contributed by atoms with E-state index in [1.54, 1.807) is 0 Å². The van der Waals surface area contributed by atoms with Gasteiger partial charge in [0.15, 0.2) is 5.65 Å². The van der Waals surface area contributed by atoms with Crippen LogP contribution in [-0.4, -0.2) is 50.8 Å². The highest BCUT2D eigenvalue weighted by Crippen LogP contribution is 2.29. The van der Waals surface area contributed by atoms with Gasteiger partial charge in [0.1, 0.15) is 11.3 Å². The fourth-order valence-electron chi connectivity index (χ4n) is 3.24. The maximum atomic E-state index is 9.14. The third-order valence-corrected chi connectivity index (χ3v) is 4.47. The van der Waals surface area contributed by atoms with Crippen LogP contribution < -0.4 is 0 Å². The summed E-state index contributed by atoms with van der Waals surface area (Å²) in [6, 6.07) is 3.97. The normalized spacial score (nSPS) is 17.6. The van der Waals surface area contributed by atoms with E-state index in [9.17, 15) is 0 Å². The van der Waals surface area contributed by atoms with Crippen LogP contribution in [0.1, 0.15) is 37.9 Å². The molecule has 0 unspecified atom stereocenters. The average molecular weight is 288 g/mol. The van der Waals surface area contributed by atoms with Crippen LogP contribution in [0.25, 0.3) is 11.2 Å². The Morgan fingerprint density at radius 2 is 2.14 bits per heavy atom. The number of rotatable bonds is 5. The number of aromatic nitrogens is 3. The number of likely N-dealkylation sites (tertiary alicyclic amines) is 1. The highest BCUT2D eigenvalue weighted by atomic mass is 16.3. The van der Waals surface area contributed by atoms with Gasteiger partial charge in [-0.2, -0.15) is 0 Å². The molecule has 21 heavy (non-hydrogen) atoms. The summed E-state index contributed by atoms with van der Waals surface area (Å²) < 4.78 is 2.22. The molecule has 1 aliphatic rings. The molecule has 1 N–H and O–H groups in total. The summed E-state index contributed by atoms with van der Waals surface area (Å²) in [6.07, 6.45) is 4.90. The Morgan fingerprint density at radius 3 is 2.86 bits per heavy atom. The van der Waals surface area contributed by atoms with Crippen molar-refractivity contribution in [1.82, 2.24) is 19.4 Å². The van der Waals surface area contributed by atoms with Gasteiger partial charge in [0.25, 0.3) is 0 Å². The van der Waals surface area contributed by atoms with E-state index in [1.807, 2.05) is 18.3 Å². The fraction of sp³-hybridized carbons (Fsp3) is 0.625. The summed E-state index contributed by atoms with van der Waals surface area (Å²) in [5.41, 5.74) is 1.93. The van der Waals surface area contributed by atoms with Crippen molar-refractivity contribution in [2.75, 3.05) is 26.2 Å². The maximum absolute atomic E-state index is 9.14. The molecule has 0 amide bonds. The predicted octanol–water partition coefficient (Wildman–Crippen LogP) is 2.01. The van der Waals surface area contributed by atoms with Crippen LogP contribution in [0.5, 0.6) is 0 Å².